The van der Waals surface area contributed by atoms with Crippen molar-refractivity contribution >= 4 is 5.91 Å². The van der Waals surface area contributed by atoms with Crippen LogP contribution < -0.4 is 4.74 Å². The first-order chi connectivity index (χ1) is 12.0. The Morgan fingerprint density at radius 3 is 2.76 bits per heavy atom. The van der Waals surface area contributed by atoms with Crippen LogP contribution in [0.4, 0.5) is 0 Å². The summed E-state index contributed by atoms with van der Waals surface area (Å²) in [6, 6.07) is 11.8. The summed E-state index contributed by atoms with van der Waals surface area (Å²) < 4.78 is 5.74. The fourth-order valence-corrected chi connectivity index (χ4v) is 3.24. The zero-order chi connectivity index (χ0) is 18.0. The van der Waals surface area contributed by atoms with E-state index in [9.17, 15) is 9.90 Å². The molecule has 25 heavy (non-hydrogen) atoms. The highest BCUT2D eigenvalue weighted by Gasteiger charge is 2.23. The van der Waals surface area contributed by atoms with E-state index in [0.717, 1.165) is 22.3 Å². The van der Waals surface area contributed by atoms with Crippen molar-refractivity contribution in [3.8, 4) is 22.6 Å². The number of hydrogen-bond donors (Lipinski definition) is 1. The molecule has 4 nitrogen and oxygen atoms in total. The number of phenols is 1. The lowest BCUT2D eigenvalue weighted by Gasteiger charge is -2.21. The minimum absolute atomic E-state index is 0.132. The lowest BCUT2D eigenvalue weighted by atomic mass is 9.97. The fraction of sp³-hybridized carbons (Fsp3) is 0.381. The summed E-state index contributed by atoms with van der Waals surface area (Å²) in [6.45, 7) is 7.54. The SMILES string of the molecule is Cc1ccccc1-c1cc(O)c2c(c1)CN(C(=O)CC(C)C)CCO2. The number of carbonyl (C=O) groups excluding carboxylic acids is 1. The molecule has 1 heterocycles. The maximum Gasteiger partial charge on any atom is 0.223 e. The van der Waals surface area contributed by atoms with Gasteiger partial charge < -0.3 is 14.7 Å². The Kier molecular flexibility index (Phi) is 4.98. The zero-order valence-electron chi connectivity index (χ0n) is 15.1. The fourth-order valence-electron chi connectivity index (χ4n) is 3.24. The molecular formula is C21H25NO3. The number of ether oxygens (including phenoxy) is 1. The first-order valence-corrected chi connectivity index (χ1v) is 8.78. The van der Waals surface area contributed by atoms with Crippen LogP contribution >= 0.6 is 0 Å². The Labute approximate surface area is 149 Å². The van der Waals surface area contributed by atoms with E-state index in [0.29, 0.717) is 37.8 Å². The lowest BCUT2D eigenvalue weighted by Crippen LogP contribution is -2.33. The molecule has 2 aromatic rings. The number of aromatic hydroxyl groups is 1. The van der Waals surface area contributed by atoms with E-state index in [1.54, 1.807) is 6.07 Å². The number of carbonyl (C=O) groups is 1. The van der Waals surface area contributed by atoms with Crippen LogP contribution in [0.1, 0.15) is 31.4 Å². The Morgan fingerprint density at radius 1 is 1.28 bits per heavy atom. The van der Waals surface area contributed by atoms with Gasteiger partial charge in [0.25, 0.3) is 0 Å². The van der Waals surface area contributed by atoms with E-state index in [2.05, 4.69) is 0 Å². The molecule has 4 heteroatoms. The topological polar surface area (TPSA) is 49.8 Å². The van der Waals surface area contributed by atoms with Gasteiger partial charge in [-0.15, -0.1) is 0 Å². The second kappa shape index (κ2) is 7.18. The van der Waals surface area contributed by atoms with E-state index < -0.39 is 0 Å². The van der Waals surface area contributed by atoms with Crippen LogP contribution in [0.3, 0.4) is 0 Å². The first-order valence-electron chi connectivity index (χ1n) is 8.78. The third kappa shape index (κ3) is 3.78. The van der Waals surface area contributed by atoms with Gasteiger partial charge in [-0.3, -0.25) is 4.79 Å². The number of aryl methyl sites for hydroxylation is 1. The average molecular weight is 339 g/mol. The quantitative estimate of drug-likeness (QED) is 0.914. The Morgan fingerprint density at radius 2 is 2.04 bits per heavy atom. The van der Waals surface area contributed by atoms with Crippen molar-refractivity contribution in [1.82, 2.24) is 4.90 Å². The molecule has 2 aromatic carbocycles. The molecule has 0 bridgehead atoms. The number of fused-ring (bicyclic) bond motifs is 1. The molecule has 1 N–H and O–H groups in total. The Hall–Kier alpha value is -2.49. The van der Waals surface area contributed by atoms with Crippen LogP contribution in [0.25, 0.3) is 11.1 Å². The molecule has 0 atom stereocenters. The molecular weight excluding hydrogens is 314 g/mol. The van der Waals surface area contributed by atoms with Gasteiger partial charge in [0.05, 0.1) is 6.54 Å². The number of nitrogens with zero attached hydrogens (tertiary/aromatic N) is 1. The highest BCUT2D eigenvalue weighted by molar-refractivity contribution is 5.77. The van der Waals surface area contributed by atoms with Gasteiger partial charge in [0.1, 0.15) is 6.61 Å². The monoisotopic (exact) mass is 339 g/mol. The van der Waals surface area contributed by atoms with Gasteiger partial charge in [0.15, 0.2) is 11.5 Å². The maximum absolute atomic E-state index is 12.5. The van der Waals surface area contributed by atoms with Gasteiger partial charge in [-0.1, -0.05) is 38.1 Å². The molecule has 1 aliphatic rings. The first kappa shape index (κ1) is 17.3. The molecule has 1 aliphatic heterocycles. The van der Waals surface area contributed by atoms with Crippen molar-refractivity contribution in [2.24, 2.45) is 5.92 Å². The molecule has 1 amide bonds. The summed E-state index contributed by atoms with van der Waals surface area (Å²) in [6.07, 6.45) is 0.527. The van der Waals surface area contributed by atoms with Gasteiger partial charge >= 0.3 is 0 Å². The van der Waals surface area contributed by atoms with Crippen LogP contribution in [0, 0.1) is 12.8 Å². The van der Waals surface area contributed by atoms with Crippen molar-refractivity contribution in [2.45, 2.75) is 33.7 Å². The summed E-state index contributed by atoms with van der Waals surface area (Å²) in [5.41, 5.74) is 4.01. The van der Waals surface area contributed by atoms with Crippen LogP contribution in [0.5, 0.6) is 11.5 Å². The summed E-state index contributed by atoms with van der Waals surface area (Å²) in [4.78, 5) is 14.3. The van der Waals surface area contributed by atoms with E-state index in [1.165, 1.54) is 0 Å². The summed E-state index contributed by atoms with van der Waals surface area (Å²) in [5, 5.41) is 10.5. The van der Waals surface area contributed by atoms with E-state index in [1.807, 2.05) is 56.0 Å². The molecule has 0 saturated carbocycles. The predicted octanol–water partition coefficient (Wildman–Crippen LogP) is 4.13. The Balaban J connectivity index is 1.97. The Bertz CT molecular complexity index is 783. The summed E-state index contributed by atoms with van der Waals surface area (Å²) in [7, 11) is 0. The summed E-state index contributed by atoms with van der Waals surface area (Å²) >= 11 is 0. The second-order valence-corrected chi connectivity index (χ2v) is 7.06. The minimum atomic E-state index is 0.132. The summed E-state index contributed by atoms with van der Waals surface area (Å²) in [5.74, 6) is 1.08. The molecule has 3 rings (SSSR count). The number of phenolic OH excluding ortho intramolecular Hbond substituents is 1. The molecule has 132 valence electrons. The largest absolute Gasteiger partial charge is 0.504 e. The van der Waals surface area contributed by atoms with Crippen molar-refractivity contribution in [1.29, 1.82) is 0 Å². The highest BCUT2D eigenvalue weighted by Crippen LogP contribution is 2.38. The van der Waals surface area contributed by atoms with Crippen LogP contribution in [0.2, 0.25) is 0 Å². The van der Waals surface area contributed by atoms with Crippen LogP contribution in [-0.4, -0.2) is 29.1 Å². The van der Waals surface area contributed by atoms with Crippen molar-refractivity contribution in [3.05, 3.63) is 47.5 Å². The predicted molar refractivity (Wildman–Crippen MR) is 98.6 cm³/mol. The number of hydrogen-bond acceptors (Lipinski definition) is 3. The van der Waals surface area contributed by atoms with Gasteiger partial charge in [-0.25, -0.2) is 0 Å². The molecule has 0 spiro atoms. The second-order valence-electron chi connectivity index (χ2n) is 7.06. The van der Waals surface area contributed by atoms with Crippen molar-refractivity contribution in [3.63, 3.8) is 0 Å². The molecule has 0 unspecified atom stereocenters. The lowest BCUT2D eigenvalue weighted by molar-refractivity contribution is -0.132. The standard InChI is InChI=1S/C21H25NO3/c1-14(2)10-20(24)22-8-9-25-21-17(13-22)11-16(12-19(21)23)18-7-5-4-6-15(18)3/h4-7,11-12,14,23H,8-10,13H2,1-3H3. The molecule has 0 fully saturated rings. The van der Waals surface area contributed by atoms with Gasteiger partial charge in [0, 0.05) is 18.5 Å². The molecule has 0 saturated heterocycles. The number of amides is 1. The number of benzene rings is 2. The zero-order valence-corrected chi connectivity index (χ0v) is 15.1. The molecule has 0 aliphatic carbocycles. The minimum Gasteiger partial charge on any atom is -0.504 e. The van der Waals surface area contributed by atoms with E-state index >= 15 is 0 Å². The maximum atomic E-state index is 12.5. The van der Waals surface area contributed by atoms with E-state index in [-0.39, 0.29) is 11.7 Å². The van der Waals surface area contributed by atoms with E-state index in [4.69, 9.17) is 4.74 Å². The highest BCUT2D eigenvalue weighted by atomic mass is 16.5. The molecule has 0 radical (unpaired) electrons. The smallest absolute Gasteiger partial charge is 0.223 e. The van der Waals surface area contributed by atoms with Crippen molar-refractivity contribution < 1.29 is 14.6 Å². The van der Waals surface area contributed by atoms with Gasteiger partial charge in [-0.2, -0.15) is 0 Å². The van der Waals surface area contributed by atoms with Gasteiger partial charge in [-0.05, 0) is 41.7 Å². The third-order valence-corrected chi connectivity index (χ3v) is 4.51. The van der Waals surface area contributed by atoms with Crippen LogP contribution in [-0.2, 0) is 11.3 Å². The average Bonchev–Trinajstić information content (AvgIpc) is 2.77. The van der Waals surface area contributed by atoms with Crippen molar-refractivity contribution in [2.75, 3.05) is 13.2 Å². The van der Waals surface area contributed by atoms with Crippen LogP contribution in [0.15, 0.2) is 36.4 Å². The third-order valence-electron chi connectivity index (χ3n) is 4.51. The normalized spacial score (nSPS) is 14.0. The number of rotatable bonds is 3. The molecule has 0 aromatic heterocycles. The van der Waals surface area contributed by atoms with Gasteiger partial charge in [0.2, 0.25) is 5.91 Å².